The Morgan fingerprint density at radius 2 is 1.43 bits per heavy atom. The maximum absolute atomic E-state index is 9.94. The molecule has 2 N–H and O–H groups in total. The van der Waals surface area contributed by atoms with Crippen molar-refractivity contribution in [2.75, 3.05) is 0 Å². The number of aromatic nitrogens is 1. The van der Waals surface area contributed by atoms with Gasteiger partial charge in [-0.1, -0.05) is 48.0 Å². The fourth-order valence-corrected chi connectivity index (χ4v) is 4.57. The number of fused-ring (bicyclic) bond motifs is 4. The Kier molecular flexibility index (Phi) is 4.50. The molecular formula is C27H24NO2+. The van der Waals surface area contributed by atoms with Gasteiger partial charge in [-0.3, -0.25) is 0 Å². The Balaban J connectivity index is 2.08. The van der Waals surface area contributed by atoms with Crippen LogP contribution in [0, 0.1) is 13.8 Å². The van der Waals surface area contributed by atoms with Gasteiger partial charge in [-0.15, -0.1) is 0 Å². The van der Waals surface area contributed by atoms with Crippen LogP contribution in [0.1, 0.15) is 22.4 Å². The number of aryl methyl sites for hydroxylation is 2. The Morgan fingerprint density at radius 1 is 0.733 bits per heavy atom. The molecule has 3 heteroatoms. The van der Waals surface area contributed by atoms with E-state index in [1.165, 1.54) is 16.3 Å². The number of hydrogen-bond acceptors (Lipinski definition) is 2. The molecule has 0 aliphatic carbocycles. The lowest BCUT2D eigenvalue weighted by Crippen LogP contribution is -2.27. The lowest BCUT2D eigenvalue weighted by atomic mass is 9.91. The molecule has 0 aliphatic rings. The van der Waals surface area contributed by atoms with Gasteiger partial charge in [-0.25, -0.2) is 0 Å². The topological polar surface area (TPSA) is 44.6 Å². The molecule has 0 saturated carbocycles. The third-order valence-electron chi connectivity index (χ3n) is 6.11. The van der Waals surface area contributed by atoms with Crippen molar-refractivity contribution in [2.24, 2.45) is 0 Å². The van der Waals surface area contributed by atoms with Gasteiger partial charge in [0, 0.05) is 18.4 Å². The summed E-state index contributed by atoms with van der Waals surface area (Å²) in [5.41, 5.74) is 7.32. The maximum atomic E-state index is 9.94. The molecule has 5 rings (SSSR count). The monoisotopic (exact) mass is 394 g/mol. The SMILES string of the molecule is Cc1ccc2c(cc[n+]3c(C)c4cc(CO)c(CO)cc4c(-c4ccccc4)c23)c1. The molecule has 0 spiro atoms. The second-order valence-electron chi connectivity index (χ2n) is 7.93. The third-order valence-corrected chi connectivity index (χ3v) is 6.11. The highest BCUT2D eigenvalue weighted by Crippen LogP contribution is 2.37. The van der Waals surface area contributed by atoms with Crippen molar-refractivity contribution >= 4 is 27.1 Å². The van der Waals surface area contributed by atoms with E-state index in [1.54, 1.807) is 0 Å². The molecule has 5 aromatic rings. The van der Waals surface area contributed by atoms with Crippen LogP contribution in [0.5, 0.6) is 0 Å². The summed E-state index contributed by atoms with van der Waals surface area (Å²) in [4.78, 5) is 0. The molecule has 0 bridgehead atoms. The smallest absolute Gasteiger partial charge is 0.227 e. The quantitative estimate of drug-likeness (QED) is 0.257. The first-order valence-corrected chi connectivity index (χ1v) is 10.2. The Bertz CT molecular complexity index is 1420. The summed E-state index contributed by atoms with van der Waals surface area (Å²) in [5.74, 6) is 0. The molecule has 2 heterocycles. The molecule has 0 radical (unpaired) electrons. The highest BCUT2D eigenvalue weighted by atomic mass is 16.3. The molecule has 30 heavy (non-hydrogen) atoms. The summed E-state index contributed by atoms with van der Waals surface area (Å²) in [6.45, 7) is 4.04. The molecule has 3 nitrogen and oxygen atoms in total. The zero-order valence-electron chi connectivity index (χ0n) is 17.2. The van der Waals surface area contributed by atoms with Crippen LogP contribution in [-0.4, -0.2) is 10.2 Å². The molecule has 148 valence electrons. The van der Waals surface area contributed by atoms with Crippen LogP contribution in [0.2, 0.25) is 0 Å². The summed E-state index contributed by atoms with van der Waals surface area (Å²) in [6, 6.07) is 23.2. The molecule has 0 saturated heterocycles. The zero-order chi connectivity index (χ0) is 20.8. The van der Waals surface area contributed by atoms with Crippen molar-refractivity contribution in [3.8, 4) is 11.1 Å². The average molecular weight is 394 g/mol. The van der Waals surface area contributed by atoms with E-state index in [2.05, 4.69) is 73.0 Å². The van der Waals surface area contributed by atoms with Gasteiger partial charge < -0.3 is 10.2 Å². The molecular weight excluding hydrogens is 370 g/mol. The maximum Gasteiger partial charge on any atom is 0.227 e. The van der Waals surface area contributed by atoms with Crippen LogP contribution >= 0.6 is 0 Å². The molecule has 0 fully saturated rings. The molecule has 0 aliphatic heterocycles. The van der Waals surface area contributed by atoms with Crippen molar-refractivity contribution in [3.05, 3.63) is 95.3 Å². The van der Waals surface area contributed by atoms with E-state index in [1.807, 2.05) is 18.2 Å². The number of benzene rings is 3. The number of pyridine rings is 2. The predicted molar refractivity (Wildman–Crippen MR) is 121 cm³/mol. The fraction of sp³-hybridized carbons (Fsp3) is 0.148. The van der Waals surface area contributed by atoms with Gasteiger partial charge in [0.25, 0.3) is 0 Å². The lowest BCUT2D eigenvalue weighted by molar-refractivity contribution is -0.516. The Hall–Kier alpha value is -3.27. The Labute approximate surface area is 175 Å². The normalized spacial score (nSPS) is 11.6. The molecule has 0 unspecified atom stereocenters. The van der Waals surface area contributed by atoms with E-state index < -0.39 is 0 Å². The zero-order valence-corrected chi connectivity index (χ0v) is 17.2. The van der Waals surface area contributed by atoms with Gasteiger partial charge in [-0.2, -0.15) is 4.40 Å². The number of hydrogen-bond donors (Lipinski definition) is 2. The van der Waals surface area contributed by atoms with E-state index in [4.69, 9.17) is 0 Å². The van der Waals surface area contributed by atoms with Gasteiger partial charge in [0.05, 0.1) is 29.5 Å². The molecule has 0 amide bonds. The van der Waals surface area contributed by atoms with Crippen molar-refractivity contribution in [1.82, 2.24) is 0 Å². The van der Waals surface area contributed by atoms with E-state index in [0.717, 1.165) is 44.2 Å². The van der Waals surface area contributed by atoms with Gasteiger partial charge >= 0.3 is 0 Å². The number of aliphatic hydroxyl groups excluding tert-OH is 2. The van der Waals surface area contributed by atoms with Crippen LogP contribution in [0.15, 0.2) is 72.9 Å². The number of nitrogens with zero attached hydrogens (tertiary/aromatic N) is 1. The highest BCUT2D eigenvalue weighted by Gasteiger charge is 2.23. The summed E-state index contributed by atoms with van der Waals surface area (Å²) in [6.07, 6.45) is 2.14. The third kappa shape index (κ3) is 2.78. The standard InChI is InChI=1S/C27H24NO2/c1-17-8-9-23-20(12-17)10-11-28-18(2)24-13-21(15-29)22(16-30)14-25(24)26(27(23)28)19-6-4-3-5-7-19/h3-14,29-30H,15-16H2,1-2H3/q+1. The van der Waals surface area contributed by atoms with Crippen LogP contribution < -0.4 is 4.40 Å². The van der Waals surface area contributed by atoms with Gasteiger partial charge in [-0.05, 0) is 47.2 Å². The minimum atomic E-state index is -0.0982. The van der Waals surface area contributed by atoms with Gasteiger partial charge in [0.1, 0.15) is 0 Å². The van der Waals surface area contributed by atoms with Crippen molar-refractivity contribution < 1.29 is 14.6 Å². The summed E-state index contributed by atoms with van der Waals surface area (Å²) >= 11 is 0. The Morgan fingerprint density at radius 3 is 2.13 bits per heavy atom. The minimum absolute atomic E-state index is 0.0916. The van der Waals surface area contributed by atoms with E-state index in [9.17, 15) is 10.2 Å². The van der Waals surface area contributed by atoms with Crippen molar-refractivity contribution in [2.45, 2.75) is 27.1 Å². The van der Waals surface area contributed by atoms with Gasteiger partial charge in [0.2, 0.25) is 5.52 Å². The van der Waals surface area contributed by atoms with Crippen LogP contribution in [0.25, 0.3) is 38.2 Å². The second kappa shape index (κ2) is 7.21. The largest absolute Gasteiger partial charge is 0.392 e. The molecule has 0 atom stereocenters. The number of rotatable bonds is 3. The minimum Gasteiger partial charge on any atom is -0.392 e. The van der Waals surface area contributed by atoms with Gasteiger partial charge in [0.15, 0.2) is 11.9 Å². The van der Waals surface area contributed by atoms with Crippen LogP contribution in [0.4, 0.5) is 0 Å². The first-order chi connectivity index (χ1) is 14.6. The van der Waals surface area contributed by atoms with E-state index >= 15 is 0 Å². The van der Waals surface area contributed by atoms with E-state index in [-0.39, 0.29) is 13.2 Å². The highest BCUT2D eigenvalue weighted by molar-refractivity contribution is 6.10. The van der Waals surface area contributed by atoms with Crippen LogP contribution in [-0.2, 0) is 13.2 Å². The second-order valence-corrected chi connectivity index (χ2v) is 7.93. The van der Waals surface area contributed by atoms with Crippen molar-refractivity contribution in [3.63, 3.8) is 0 Å². The van der Waals surface area contributed by atoms with Crippen molar-refractivity contribution in [1.29, 1.82) is 0 Å². The van der Waals surface area contributed by atoms with Crippen LogP contribution in [0.3, 0.4) is 0 Å². The predicted octanol–water partition coefficient (Wildman–Crippen LogP) is 5.00. The summed E-state index contributed by atoms with van der Waals surface area (Å²) < 4.78 is 2.25. The summed E-state index contributed by atoms with van der Waals surface area (Å²) in [7, 11) is 0. The first kappa shape index (κ1) is 18.7. The lowest BCUT2D eigenvalue weighted by Gasteiger charge is -2.14. The summed E-state index contributed by atoms with van der Waals surface area (Å²) in [5, 5.41) is 24.4. The average Bonchev–Trinajstić information content (AvgIpc) is 2.78. The first-order valence-electron chi connectivity index (χ1n) is 10.2. The number of aliphatic hydroxyl groups is 2. The molecule has 2 aromatic heterocycles. The van der Waals surface area contributed by atoms with E-state index in [0.29, 0.717) is 0 Å². The molecule has 3 aromatic carbocycles. The fourth-order valence-electron chi connectivity index (χ4n) is 4.57.